The molecule has 0 aliphatic carbocycles. The molecule has 1 aliphatic rings. The summed E-state index contributed by atoms with van der Waals surface area (Å²) in [7, 11) is 0. The standard InChI is InChI=1S/C25H23N7O4/c26-20(33)10-11-21(34)30-13-12-17(14-30)32-24-22(23(27)28-15-29-24)31(25(32)35)16-6-8-19(9-7-16)36-18-4-2-1-3-5-18/h1-11,15,17H,12-14H2,(H2,26,33)(H2,27,28,29)/b11-10+/t17-/m1/s1. The van der Waals surface area contributed by atoms with Crippen molar-refractivity contribution >= 4 is 28.8 Å². The van der Waals surface area contributed by atoms with Crippen LogP contribution < -0.4 is 21.9 Å². The number of nitrogens with two attached hydrogens (primary N) is 2. The van der Waals surface area contributed by atoms with Crippen LogP contribution in [0.2, 0.25) is 0 Å². The van der Waals surface area contributed by atoms with Gasteiger partial charge in [0.2, 0.25) is 11.8 Å². The minimum Gasteiger partial charge on any atom is -0.457 e. The smallest absolute Gasteiger partial charge is 0.335 e. The summed E-state index contributed by atoms with van der Waals surface area (Å²) in [5.41, 5.74) is 12.3. The van der Waals surface area contributed by atoms with Gasteiger partial charge in [-0.3, -0.25) is 18.7 Å². The van der Waals surface area contributed by atoms with E-state index in [-0.39, 0.29) is 30.0 Å². The van der Waals surface area contributed by atoms with Crippen LogP contribution in [0.25, 0.3) is 16.9 Å². The third-order valence-corrected chi connectivity index (χ3v) is 5.98. The fourth-order valence-electron chi connectivity index (χ4n) is 4.34. The highest BCUT2D eigenvalue weighted by Gasteiger charge is 2.31. The van der Waals surface area contributed by atoms with E-state index in [2.05, 4.69) is 9.97 Å². The lowest BCUT2D eigenvalue weighted by atomic mass is 10.2. The number of rotatable bonds is 6. The number of imidazole rings is 1. The first-order valence-corrected chi connectivity index (χ1v) is 11.3. The molecule has 4 aromatic rings. The van der Waals surface area contributed by atoms with Crippen molar-refractivity contribution < 1.29 is 14.3 Å². The minimum absolute atomic E-state index is 0.163. The summed E-state index contributed by atoms with van der Waals surface area (Å²) in [4.78, 5) is 47.0. The Hall–Kier alpha value is -4.93. The number of carbonyl (C=O) groups is 2. The zero-order valence-corrected chi connectivity index (χ0v) is 19.2. The Morgan fingerprint density at radius 2 is 1.72 bits per heavy atom. The third-order valence-electron chi connectivity index (χ3n) is 5.98. The predicted octanol–water partition coefficient (Wildman–Crippen LogP) is 1.77. The molecule has 1 saturated heterocycles. The van der Waals surface area contributed by atoms with E-state index >= 15 is 0 Å². The van der Waals surface area contributed by atoms with Crippen LogP contribution in [0.4, 0.5) is 5.82 Å². The number of nitrogens with zero attached hydrogens (tertiary/aromatic N) is 5. The molecule has 11 nitrogen and oxygen atoms in total. The number of fused-ring (bicyclic) bond motifs is 1. The Balaban J connectivity index is 1.49. The molecule has 1 aliphatic heterocycles. The molecular weight excluding hydrogens is 462 g/mol. The molecule has 0 unspecified atom stereocenters. The molecule has 2 aromatic carbocycles. The molecule has 3 heterocycles. The van der Waals surface area contributed by atoms with Crippen LogP contribution in [0.1, 0.15) is 12.5 Å². The Morgan fingerprint density at radius 1 is 1.00 bits per heavy atom. The third kappa shape index (κ3) is 4.29. The van der Waals surface area contributed by atoms with Gasteiger partial charge >= 0.3 is 5.69 Å². The van der Waals surface area contributed by atoms with Gasteiger partial charge in [0.25, 0.3) is 0 Å². The maximum atomic E-state index is 13.7. The molecule has 1 atom stereocenters. The van der Waals surface area contributed by atoms with Gasteiger partial charge in [-0.15, -0.1) is 0 Å². The summed E-state index contributed by atoms with van der Waals surface area (Å²) in [6.45, 7) is 0.687. The normalized spacial score (nSPS) is 15.6. The van der Waals surface area contributed by atoms with Gasteiger partial charge in [0.1, 0.15) is 23.3 Å². The number of hydrogen-bond donors (Lipinski definition) is 2. The second-order valence-electron chi connectivity index (χ2n) is 8.29. The van der Waals surface area contributed by atoms with Gasteiger partial charge in [0, 0.05) is 25.2 Å². The van der Waals surface area contributed by atoms with E-state index < -0.39 is 5.91 Å². The van der Waals surface area contributed by atoms with Gasteiger partial charge in [-0.05, 0) is 42.8 Å². The van der Waals surface area contributed by atoms with Crippen molar-refractivity contribution in [2.24, 2.45) is 5.73 Å². The van der Waals surface area contributed by atoms with E-state index in [1.54, 1.807) is 33.7 Å². The van der Waals surface area contributed by atoms with Gasteiger partial charge in [0.15, 0.2) is 11.5 Å². The van der Waals surface area contributed by atoms with Gasteiger partial charge in [-0.2, -0.15) is 0 Å². The molecule has 2 amide bonds. The van der Waals surface area contributed by atoms with Crippen molar-refractivity contribution in [2.75, 3.05) is 18.8 Å². The van der Waals surface area contributed by atoms with Crippen molar-refractivity contribution in [1.82, 2.24) is 24.0 Å². The van der Waals surface area contributed by atoms with Crippen molar-refractivity contribution in [3.63, 3.8) is 0 Å². The van der Waals surface area contributed by atoms with Crippen LogP contribution in [-0.2, 0) is 9.59 Å². The summed E-state index contributed by atoms with van der Waals surface area (Å²) >= 11 is 0. The maximum absolute atomic E-state index is 13.7. The lowest BCUT2D eigenvalue weighted by Gasteiger charge is -2.15. The molecule has 2 aromatic heterocycles. The summed E-state index contributed by atoms with van der Waals surface area (Å²) in [6.07, 6.45) is 3.99. The average Bonchev–Trinajstić information content (AvgIpc) is 3.47. The summed E-state index contributed by atoms with van der Waals surface area (Å²) in [5, 5.41) is 0. The molecule has 1 fully saturated rings. The van der Waals surface area contributed by atoms with Gasteiger partial charge < -0.3 is 21.1 Å². The molecular formula is C25H23N7O4. The van der Waals surface area contributed by atoms with Crippen LogP contribution in [0.3, 0.4) is 0 Å². The average molecular weight is 486 g/mol. The molecule has 11 heteroatoms. The van der Waals surface area contributed by atoms with Crippen molar-refractivity contribution in [3.8, 4) is 17.2 Å². The fraction of sp³-hybridized carbons (Fsp3) is 0.160. The van der Waals surface area contributed by atoms with Crippen LogP contribution in [-0.4, -0.2) is 48.9 Å². The Bertz CT molecular complexity index is 1520. The van der Waals surface area contributed by atoms with E-state index in [0.29, 0.717) is 41.3 Å². The summed E-state index contributed by atoms with van der Waals surface area (Å²) in [5.74, 6) is 0.417. The van der Waals surface area contributed by atoms with Crippen LogP contribution in [0.5, 0.6) is 11.5 Å². The highest BCUT2D eigenvalue weighted by Crippen LogP contribution is 2.28. The molecule has 182 valence electrons. The van der Waals surface area contributed by atoms with Crippen LogP contribution in [0, 0.1) is 0 Å². The van der Waals surface area contributed by atoms with E-state index in [1.807, 2.05) is 30.3 Å². The van der Waals surface area contributed by atoms with E-state index in [0.717, 1.165) is 12.2 Å². The molecule has 0 saturated carbocycles. The number of para-hydroxylation sites is 1. The number of anilines is 1. The van der Waals surface area contributed by atoms with Gasteiger partial charge in [-0.25, -0.2) is 14.8 Å². The first kappa shape index (κ1) is 22.8. The molecule has 0 radical (unpaired) electrons. The lowest BCUT2D eigenvalue weighted by Crippen LogP contribution is -2.31. The second-order valence-corrected chi connectivity index (χ2v) is 8.29. The molecule has 4 N–H and O–H groups in total. The Kier molecular flexibility index (Phi) is 5.95. The van der Waals surface area contributed by atoms with Crippen molar-refractivity contribution in [2.45, 2.75) is 12.5 Å². The predicted molar refractivity (Wildman–Crippen MR) is 133 cm³/mol. The topological polar surface area (TPSA) is 151 Å². The van der Waals surface area contributed by atoms with E-state index in [4.69, 9.17) is 16.2 Å². The largest absolute Gasteiger partial charge is 0.457 e. The monoisotopic (exact) mass is 485 g/mol. The Labute approximate surface area is 205 Å². The second kappa shape index (κ2) is 9.37. The van der Waals surface area contributed by atoms with Crippen molar-refractivity contribution in [3.05, 3.63) is 83.6 Å². The van der Waals surface area contributed by atoms with Crippen LogP contribution >= 0.6 is 0 Å². The van der Waals surface area contributed by atoms with Crippen LogP contribution in [0.15, 0.2) is 77.9 Å². The quantitative estimate of drug-likeness (QED) is 0.395. The molecule has 36 heavy (non-hydrogen) atoms. The highest BCUT2D eigenvalue weighted by molar-refractivity contribution is 5.96. The van der Waals surface area contributed by atoms with Gasteiger partial charge in [-0.1, -0.05) is 18.2 Å². The highest BCUT2D eigenvalue weighted by atomic mass is 16.5. The number of hydrogen-bond acceptors (Lipinski definition) is 7. The lowest BCUT2D eigenvalue weighted by molar-refractivity contribution is -0.125. The zero-order chi connectivity index (χ0) is 25.2. The SMILES string of the molecule is NC(=O)/C=C/C(=O)N1CC[C@@H](n2c(=O)n(-c3ccc(Oc4ccccc4)cc3)c3c(N)ncnc32)C1. The van der Waals surface area contributed by atoms with E-state index in [9.17, 15) is 14.4 Å². The number of nitrogen functional groups attached to an aromatic ring is 1. The number of carbonyl (C=O) groups excluding carboxylic acids is 2. The number of primary amides is 1. The minimum atomic E-state index is -0.703. The number of likely N-dealkylation sites (tertiary alicyclic amines) is 1. The number of benzene rings is 2. The zero-order valence-electron chi connectivity index (χ0n) is 19.2. The van der Waals surface area contributed by atoms with Crippen molar-refractivity contribution in [1.29, 1.82) is 0 Å². The van der Waals surface area contributed by atoms with Gasteiger partial charge in [0.05, 0.1) is 11.7 Å². The number of ether oxygens (including phenoxy) is 1. The molecule has 0 bridgehead atoms. The maximum Gasteiger partial charge on any atom is 0.335 e. The number of aromatic nitrogens is 4. The fourth-order valence-corrected chi connectivity index (χ4v) is 4.34. The number of amides is 2. The first-order chi connectivity index (χ1) is 17.4. The van der Waals surface area contributed by atoms with E-state index in [1.165, 1.54) is 10.9 Å². The first-order valence-electron chi connectivity index (χ1n) is 11.3. The summed E-state index contributed by atoms with van der Waals surface area (Å²) in [6, 6.07) is 16.1. The molecule has 0 spiro atoms. The Morgan fingerprint density at radius 3 is 2.44 bits per heavy atom. The molecule has 5 rings (SSSR count). The summed E-state index contributed by atoms with van der Waals surface area (Å²) < 4.78 is 8.87.